The SMILES string of the molecule is Cc1cc(C2CC2)cnc1N1CCN(c2nc(N3CCCS3(=O)=O)c(N3CCN(c4ncc(C5CC5)cc4C)CC3)c(C)c2C=O)CC1.Cl. The highest BCUT2D eigenvalue weighted by atomic mass is 35.5. The van der Waals surface area contributed by atoms with E-state index < -0.39 is 10.0 Å². The fourth-order valence-electron chi connectivity index (χ4n) is 7.88. The van der Waals surface area contributed by atoms with E-state index in [9.17, 15) is 13.2 Å². The van der Waals surface area contributed by atoms with Crippen molar-refractivity contribution in [2.75, 3.05) is 88.6 Å². The van der Waals surface area contributed by atoms with E-state index in [-0.39, 0.29) is 18.2 Å². The van der Waals surface area contributed by atoms with Gasteiger partial charge >= 0.3 is 0 Å². The quantitative estimate of drug-likeness (QED) is 0.298. The molecule has 0 spiro atoms. The molecule has 8 rings (SSSR count). The van der Waals surface area contributed by atoms with Gasteiger partial charge < -0.3 is 19.6 Å². The van der Waals surface area contributed by atoms with Crippen LogP contribution in [0.5, 0.6) is 0 Å². The van der Waals surface area contributed by atoms with Crippen molar-refractivity contribution in [3.63, 3.8) is 0 Å². The van der Waals surface area contributed by atoms with Crippen molar-refractivity contribution in [3.05, 3.63) is 57.9 Å². The Morgan fingerprint density at radius 3 is 1.55 bits per heavy atom. The van der Waals surface area contributed by atoms with E-state index in [0.29, 0.717) is 68.2 Å². The van der Waals surface area contributed by atoms with Crippen molar-refractivity contribution in [3.8, 4) is 0 Å². The molecule has 2 saturated carbocycles. The van der Waals surface area contributed by atoms with E-state index in [0.717, 1.165) is 55.4 Å². The number of aromatic nitrogens is 3. The predicted octanol–water partition coefficient (Wildman–Crippen LogP) is 4.98. The zero-order chi connectivity index (χ0) is 33.2. The highest BCUT2D eigenvalue weighted by Crippen LogP contribution is 2.43. The van der Waals surface area contributed by atoms with Gasteiger partial charge in [-0.2, -0.15) is 0 Å². The number of carbonyl (C=O) groups excluding carboxylic acids is 1. The van der Waals surface area contributed by atoms with Crippen molar-refractivity contribution in [1.82, 2.24) is 15.0 Å². The highest BCUT2D eigenvalue weighted by Gasteiger charge is 2.37. The molecule has 0 N–H and O–H groups in total. The molecule has 3 aromatic rings. The molecule has 0 unspecified atom stereocenters. The molecule has 2 aliphatic carbocycles. The van der Waals surface area contributed by atoms with Crippen molar-refractivity contribution in [2.45, 2.75) is 64.7 Å². The van der Waals surface area contributed by atoms with Gasteiger partial charge in [0.15, 0.2) is 12.1 Å². The number of hydrogen-bond acceptors (Lipinski definition) is 10. The van der Waals surface area contributed by atoms with Gasteiger partial charge in [-0.05, 0) is 92.5 Å². The lowest BCUT2D eigenvalue weighted by molar-refractivity contribution is 0.112. The van der Waals surface area contributed by atoms with E-state index in [1.807, 2.05) is 19.3 Å². The van der Waals surface area contributed by atoms with Gasteiger partial charge in [-0.25, -0.2) is 23.4 Å². The Kier molecular flexibility index (Phi) is 9.14. The zero-order valence-corrected chi connectivity index (χ0v) is 30.4. The summed E-state index contributed by atoms with van der Waals surface area (Å²) in [5, 5.41) is 0. The molecule has 0 atom stereocenters. The third-order valence-corrected chi connectivity index (χ3v) is 12.7. The number of aryl methyl sites for hydroxylation is 2. The van der Waals surface area contributed by atoms with Crippen LogP contribution in [0.15, 0.2) is 24.5 Å². The molecule has 262 valence electrons. The van der Waals surface area contributed by atoms with Crippen LogP contribution in [0.1, 0.15) is 82.1 Å². The van der Waals surface area contributed by atoms with Gasteiger partial charge in [0, 0.05) is 71.3 Å². The molecule has 0 bridgehead atoms. The Labute approximate surface area is 296 Å². The summed E-state index contributed by atoms with van der Waals surface area (Å²) in [4.78, 5) is 36.6. The van der Waals surface area contributed by atoms with Crippen molar-refractivity contribution in [2.24, 2.45) is 0 Å². The van der Waals surface area contributed by atoms with Gasteiger partial charge in [-0.3, -0.25) is 9.10 Å². The Morgan fingerprint density at radius 2 is 1.14 bits per heavy atom. The van der Waals surface area contributed by atoms with Gasteiger partial charge in [0.1, 0.15) is 17.5 Å². The summed E-state index contributed by atoms with van der Waals surface area (Å²) >= 11 is 0. The predicted molar refractivity (Wildman–Crippen MR) is 198 cm³/mol. The molecule has 0 radical (unpaired) electrons. The number of halogens is 1. The maximum absolute atomic E-state index is 13.4. The molecule has 0 amide bonds. The number of anilines is 5. The van der Waals surface area contributed by atoms with Crippen LogP contribution in [0.25, 0.3) is 0 Å². The largest absolute Gasteiger partial charge is 0.365 e. The topological polar surface area (TPSA) is 106 Å². The molecule has 13 heteroatoms. The second-order valence-corrected chi connectivity index (χ2v) is 16.3. The average molecular weight is 707 g/mol. The fraction of sp³-hybridized carbons (Fsp3) is 0.556. The first-order valence-electron chi connectivity index (χ1n) is 17.6. The molecule has 6 heterocycles. The molecule has 3 saturated heterocycles. The summed E-state index contributed by atoms with van der Waals surface area (Å²) in [7, 11) is -3.51. The molecule has 5 aliphatic rings. The molecular weight excluding hydrogens is 660 g/mol. The van der Waals surface area contributed by atoms with Crippen LogP contribution in [-0.4, -0.2) is 94.3 Å². The number of rotatable bonds is 8. The van der Waals surface area contributed by atoms with Gasteiger partial charge in [-0.15, -0.1) is 12.4 Å². The van der Waals surface area contributed by atoms with E-state index in [1.165, 1.54) is 52.2 Å². The van der Waals surface area contributed by atoms with Crippen molar-refractivity contribution < 1.29 is 13.2 Å². The maximum atomic E-state index is 13.4. The summed E-state index contributed by atoms with van der Waals surface area (Å²) in [5.74, 6) is 4.51. The summed E-state index contributed by atoms with van der Waals surface area (Å²) in [6, 6.07) is 4.57. The van der Waals surface area contributed by atoms with Crippen molar-refractivity contribution >= 4 is 57.7 Å². The van der Waals surface area contributed by atoms with Crippen LogP contribution in [0, 0.1) is 20.8 Å². The lowest BCUT2D eigenvalue weighted by Gasteiger charge is -2.41. The minimum atomic E-state index is -3.51. The summed E-state index contributed by atoms with van der Waals surface area (Å²) < 4.78 is 28.2. The monoisotopic (exact) mass is 706 g/mol. The number of sulfonamides is 1. The van der Waals surface area contributed by atoms with E-state index in [1.54, 1.807) is 0 Å². The van der Waals surface area contributed by atoms with Crippen LogP contribution in [0.2, 0.25) is 0 Å². The van der Waals surface area contributed by atoms with Crippen LogP contribution < -0.4 is 23.9 Å². The van der Waals surface area contributed by atoms with Gasteiger partial charge in [-0.1, -0.05) is 12.1 Å². The number of aldehydes is 1. The molecule has 49 heavy (non-hydrogen) atoms. The lowest BCUT2D eigenvalue weighted by Crippen LogP contribution is -2.49. The Hall–Kier alpha value is -3.64. The number of hydrogen-bond donors (Lipinski definition) is 0. The lowest BCUT2D eigenvalue weighted by atomic mass is 10.1. The van der Waals surface area contributed by atoms with Crippen LogP contribution in [0.4, 0.5) is 29.0 Å². The zero-order valence-electron chi connectivity index (χ0n) is 28.8. The normalized spacial score (nSPS) is 20.8. The minimum Gasteiger partial charge on any atom is -0.365 e. The fourth-order valence-corrected chi connectivity index (χ4v) is 9.39. The highest BCUT2D eigenvalue weighted by molar-refractivity contribution is 7.93. The first-order chi connectivity index (χ1) is 23.2. The number of piperazine rings is 2. The van der Waals surface area contributed by atoms with Crippen LogP contribution >= 0.6 is 12.4 Å². The number of pyridine rings is 3. The first-order valence-corrected chi connectivity index (χ1v) is 19.3. The second kappa shape index (κ2) is 13.2. The van der Waals surface area contributed by atoms with Gasteiger partial charge in [0.2, 0.25) is 10.0 Å². The van der Waals surface area contributed by atoms with Gasteiger partial charge in [0.05, 0.1) is 17.0 Å². The third kappa shape index (κ3) is 6.42. The Balaban J connectivity index is 0.00000378. The molecule has 0 aromatic carbocycles. The summed E-state index contributed by atoms with van der Waals surface area (Å²) in [6.07, 6.45) is 10.6. The Bertz CT molecular complexity index is 1850. The number of nitrogens with zero attached hydrogens (tertiary/aromatic N) is 8. The van der Waals surface area contributed by atoms with E-state index in [2.05, 4.69) is 45.6 Å². The average Bonchev–Trinajstić information content (AvgIpc) is 4.02. The molecule has 11 nitrogen and oxygen atoms in total. The summed E-state index contributed by atoms with van der Waals surface area (Å²) in [5.41, 5.74) is 7.16. The molecule has 3 aliphatic heterocycles. The molecular formula is C36H47ClN8O3S. The van der Waals surface area contributed by atoms with Gasteiger partial charge in [0.25, 0.3) is 0 Å². The number of carbonyl (C=O) groups is 1. The standard InChI is InChI=1S/C36H46N8O3S.ClH/c1-24-19-29(27-5-6-27)21-37-33(24)41-12-10-40(11-13-41)32-26(3)31(23-45)35(39-36(32)44-9-4-18-48(44,46)47)43-16-14-42(15-17-43)34-25(2)20-30(22-38-34)28-7-8-28;/h19-23,27-28H,4-18H2,1-3H3;1H. The van der Waals surface area contributed by atoms with Crippen LogP contribution in [0.3, 0.4) is 0 Å². The summed E-state index contributed by atoms with van der Waals surface area (Å²) in [6.45, 7) is 12.3. The minimum absolute atomic E-state index is 0. The Morgan fingerprint density at radius 1 is 0.673 bits per heavy atom. The van der Waals surface area contributed by atoms with E-state index >= 15 is 0 Å². The molecule has 3 aromatic heterocycles. The maximum Gasteiger partial charge on any atom is 0.236 e. The third-order valence-electron chi connectivity index (χ3n) is 10.9. The second-order valence-electron chi connectivity index (χ2n) is 14.3. The molecule has 5 fully saturated rings. The van der Waals surface area contributed by atoms with Crippen LogP contribution in [-0.2, 0) is 10.0 Å². The van der Waals surface area contributed by atoms with Crippen molar-refractivity contribution in [1.29, 1.82) is 0 Å². The first kappa shape index (κ1) is 33.8. The van der Waals surface area contributed by atoms with E-state index in [4.69, 9.17) is 15.0 Å². The smallest absolute Gasteiger partial charge is 0.236 e.